The maximum Gasteiger partial charge on any atom is 0.338 e. The van der Waals surface area contributed by atoms with Crippen LogP contribution in [0, 0.1) is 0 Å². The summed E-state index contributed by atoms with van der Waals surface area (Å²) in [5.41, 5.74) is 1.56. The Labute approximate surface area is 166 Å². The maximum atomic E-state index is 12.8. The SMILES string of the molecule is CC1=C(C(=O)OC(C)C)[C@H](c2ccc(Cl)c(Cl)c2)N2C(=O)[C@@H](C)SC2=N1. The summed E-state index contributed by atoms with van der Waals surface area (Å²) in [6, 6.07) is 4.45. The molecule has 0 aliphatic carbocycles. The highest BCUT2D eigenvalue weighted by atomic mass is 35.5. The second-order valence-corrected chi connectivity index (χ2v) is 8.51. The summed E-state index contributed by atoms with van der Waals surface area (Å²) in [7, 11) is 0. The molecule has 1 fully saturated rings. The molecule has 2 heterocycles. The smallest absolute Gasteiger partial charge is 0.338 e. The van der Waals surface area contributed by atoms with Crippen molar-refractivity contribution >= 4 is 52.0 Å². The van der Waals surface area contributed by atoms with Crippen LogP contribution >= 0.6 is 35.0 Å². The molecular formula is C18H18Cl2N2O3S. The van der Waals surface area contributed by atoms with Crippen molar-refractivity contribution in [1.29, 1.82) is 0 Å². The molecular weight excluding hydrogens is 395 g/mol. The highest BCUT2D eigenvalue weighted by Crippen LogP contribution is 2.44. The molecule has 0 spiro atoms. The van der Waals surface area contributed by atoms with E-state index in [0.29, 0.717) is 32.0 Å². The number of hydrogen-bond donors (Lipinski definition) is 0. The van der Waals surface area contributed by atoms with Gasteiger partial charge < -0.3 is 4.74 Å². The molecule has 0 N–H and O–H groups in total. The predicted octanol–water partition coefficient (Wildman–Crippen LogP) is 4.59. The summed E-state index contributed by atoms with van der Waals surface area (Å²) in [6.07, 6.45) is -0.287. The van der Waals surface area contributed by atoms with Gasteiger partial charge in [-0.25, -0.2) is 9.79 Å². The molecule has 2 aliphatic rings. The van der Waals surface area contributed by atoms with E-state index < -0.39 is 12.0 Å². The van der Waals surface area contributed by atoms with E-state index in [1.54, 1.807) is 43.9 Å². The van der Waals surface area contributed by atoms with E-state index in [0.717, 1.165) is 0 Å². The summed E-state index contributed by atoms with van der Waals surface area (Å²) >= 11 is 13.6. The maximum absolute atomic E-state index is 12.8. The molecule has 8 heteroatoms. The third kappa shape index (κ3) is 3.38. The minimum atomic E-state index is -0.645. The summed E-state index contributed by atoms with van der Waals surface area (Å²) < 4.78 is 5.41. The molecule has 0 radical (unpaired) electrons. The number of allylic oxidation sites excluding steroid dienone is 1. The topological polar surface area (TPSA) is 59.0 Å². The van der Waals surface area contributed by atoms with Crippen LogP contribution < -0.4 is 0 Å². The molecule has 1 amide bonds. The Kier molecular flexibility index (Phi) is 5.37. The van der Waals surface area contributed by atoms with Crippen LogP contribution in [0.5, 0.6) is 0 Å². The van der Waals surface area contributed by atoms with E-state index in [1.165, 1.54) is 11.8 Å². The van der Waals surface area contributed by atoms with Crippen molar-refractivity contribution in [1.82, 2.24) is 4.90 Å². The number of amidine groups is 1. The van der Waals surface area contributed by atoms with Crippen LogP contribution in [0.2, 0.25) is 10.0 Å². The first kappa shape index (κ1) is 19.3. The monoisotopic (exact) mass is 412 g/mol. The van der Waals surface area contributed by atoms with Crippen LogP contribution in [-0.4, -0.2) is 33.3 Å². The van der Waals surface area contributed by atoms with Gasteiger partial charge in [0.15, 0.2) is 5.17 Å². The molecule has 0 bridgehead atoms. The van der Waals surface area contributed by atoms with Gasteiger partial charge in [0, 0.05) is 0 Å². The van der Waals surface area contributed by atoms with Gasteiger partial charge in [0.2, 0.25) is 5.91 Å². The Hall–Kier alpha value is -1.50. The lowest BCUT2D eigenvalue weighted by atomic mass is 9.94. The van der Waals surface area contributed by atoms with E-state index in [9.17, 15) is 9.59 Å². The molecule has 0 aromatic heterocycles. The highest BCUT2D eigenvalue weighted by molar-refractivity contribution is 8.15. The highest BCUT2D eigenvalue weighted by Gasteiger charge is 2.46. The van der Waals surface area contributed by atoms with Crippen molar-refractivity contribution in [2.45, 2.75) is 45.1 Å². The minimum Gasteiger partial charge on any atom is -0.459 e. The van der Waals surface area contributed by atoms with E-state index in [1.807, 2.05) is 6.92 Å². The van der Waals surface area contributed by atoms with Gasteiger partial charge in [-0.1, -0.05) is 41.0 Å². The third-order valence-corrected chi connectivity index (χ3v) is 5.87. The molecule has 2 aliphatic heterocycles. The number of thioether (sulfide) groups is 1. The fourth-order valence-corrected chi connectivity index (χ4v) is 4.27. The Morgan fingerprint density at radius 2 is 2.00 bits per heavy atom. The number of ether oxygens (including phenoxy) is 1. The molecule has 26 heavy (non-hydrogen) atoms. The fraction of sp³-hybridized carbons (Fsp3) is 0.389. The van der Waals surface area contributed by atoms with Gasteiger partial charge in [0.05, 0.1) is 38.7 Å². The summed E-state index contributed by atoms with van der Waals surface area (Å²) in [5.74, 6) is -0.596. The zero-order valence-electron chi connectivity index (χ0n) is 14.7. The van der Waals surface area contributed by atoms with Crippen LogP contribution in [0.4, 0.5) is 0 Å². The first-order chi connectivity index (χ1) is 12.2. The van der Waals surface area contributed by atoms with Crippen LogP contribution in [-0.2, 0) is 14.3 Å². The first-order valence-corrected chi connectivity index (χ1v) is 9.79. The first-order valence-electron chi connectivity index (χ1n) is 8.15. The molecule has 5 nitrogen and oxygen atoms in total. The van der Waals surface area contributed by atoms with Gasteiger partial charge in [-0.15, -0.1) is 0 Å². The number of aliphatic imine (C=N–C) groups is 1. The van der Waals surface area contributed by atoms with Gasteiger partial charge in [0.25, 0.3) is 0 Å². The number of esters is 1. The van der Waals surface area contributed by atoms with Crippen molar-refractivity contribution in [2.75, 3.05) is 0 Å². The summed E-state index contributed by atoms with van der Waals surface area (Å²) in [5, 5.41) is 1.07. The summed E-state index contributed by atoms with van der Waals surface area (Å²) in [4.78, 5) is 31.6. The number of fused-ring (bicyclic) bond motifs is 1. The van der Waals surface area contributed by atoms with Gasteiger partial charge in [-0.2, -0.15) is 0 Å². The molecule has 3 rings (SSSR count). The van der Waals surface area contributed by atoms with E-state index in [-0.39, 0.29) is 17.3 Å². The van der Waals surface area contributed by atoms with Gasteiger partial charge in [0.1, 0.15) is 0 Å². The average Bonchev–Trinajstić information content (AvgIpc) is 2.82. The van der Waals surface area contributed by atoms with Crippen LogP contribution in [0.15, 0.2) is 34.5 Å². The van der Waals surface area contributed by atoms with Crippen molar-refractivity contribution in [3.63, 3.8) is 0 Å². The van der Waals surface area contributed by atoms with Crippen LogP contribution in [0.3, 0.4) is 0 Å². The largest absolute Gasteiger partial charge is 0.459 e. The zero-order valence-corrected chi connectivity index (χ0v) is 17.1. The summed E-state index contributed by atoms with van der Waals surface area (Å²) in [6.45, 7) is 7.12. The number of rotatable bonds is 3. The quantitative estimate of drug-likeness (QED) is 0.680. The molecule has 1 aromatic carbocycles. The van der Waals surface area contributed by atoms with Crippen LogP contribution in [0.1, 0.15) is 39.3 Å². The Morgan fingerprint density at radius 3 is 2.62 bits per heavy atom. The van der Waals surface area contributed by atoms with Gasteiger partial charge in [-0.05, 0) is 45.4 Å². The predicted molar refractivity (Wildman–Crippen MR) is 104 cm³/mol. The number of halogens is 2. The molecule has 0 saturated carbocycles. The molecule has 2 atom stereocenters. The van der Waals surface area contributed by atoms with Gasteiger partial charge in [-0.3, -0.25) is 9.69 Å². The normalized spacial score (nSPS) is 22.7. The van der Waals surface area contributed by atoms with E-state index in [2.05, 4.69) is 4.99 Å². The van der Waals surface area contributed by atoms with Crippen molar-refractivity contribution in [2.24, 2.45) is 4.99 Å². The third-order valence-electron chi connectivity index (χ3n) is 4.08. The number of carbonyl (C=O) groups is 2. The van der Waals surface area contributed by atoms with Crippen molar-refractivity contribution in [3.8, 4) is 0 Å². The van der Waals surface area contributed by atoms with Gasteiger partial charge >= 0.3 is 5.97 Å². The Morgan fingerprint density at radius 1 is 1.31 bits per heavy atom. The van der Waals surface area contributed by atoms with E-state index >= 15 is 0 Å². The number of nitrogens with zero attached hydrogens (tertiary/aromatic N) is 2. The molecule has 0 unspecified atom stereocenters. The lowest BCUT2D eigenvalue weighted by Gasteiger charge is -2.33. The average molecular weight is 413 g/mol. The second-order valence-electron chi connectivity index (χ2n) is 6.39. The lowest BCUT2D eigenvalue weighted by Crippen LogP contribution is -2.40. The number of amides is 1. The Bertz CT molecular complexity index is 851. The molecule has 1 aromatic rings. The van der Waals surface area contributed by atoms with E-state index in [4.69, 9.17) is 27.9 Å². The fourth-order valence-electron chi connectivity index (χ4n) is 2.94. The lowest BCUT2D eigenvalue weighted by molar-refractivity contribution is -0.143. The standard InChI is InChI=1S/C18H18Cl2N2O3S/c1-8(2)25-17(24)14-9(3)21-18-22(16(23)10(4)26-18)15(14)11-5-6-12(19)13(20)7-11/h5-8,10,15H,1-4H3/t10-,15+/m1/s1. The number of hydrogen-bond acceptors (Lipinski definition) is 5. The number of benzene rings is 1. The van der Waals surface area contributed by atoms with Crippen LogP contribution in [0.25, 0.3) is 0 Å². The molecule has 138 valence electrons. The van der Waals surface area contributed by atoms with Crippen molar-refractivity contribution in [3.05, 3.63) is 45.1 Å². The zero-order chi connectivity index (χ0) is 19.2. The second kappa shape index (κ2) is 7.25. The Balaban J connectivity index is 2.16. The van der Waals surface area contributed by atoms with Crippen molar-refractivity contribution < 1.29 is 14.3 Å². The molecule has 1 saturated heterocycles. The minimum absolute atomic E-state index is 0.104. The number of carbonyl (C=O) groups excluding carboxylic acids is 2.